The van der Waals surface area contributed by atoms with Crippen molar-refractivity contribution in [3.63, 3.8) is 0 Å². The fraction of sp³-hybridized carbons (Fsp3) is 0.389. The van der Waals surface area contributed by atoms with Crippen LogP contribution in [0.15, 0.2) is 35.4 Å². The number of amides is 1. The highest BCUT2D eigenvalue weighted by Gasteiger charge is 2.27. The second-order valence-corrected chi connectivity index (χ2v) is 8.38. The number of piperidine rings is 1. The first-order chi connectivity index (χ1) is 12.2. The molecule has 3 aromatic rings. The van der Waals surface area contributed by atoms with E-state index < -0.39 is 0 Å². The average Bonchev–Trinajstić information content (AvgIpc) is 3.37. The SMILES string of the molecule is Cc1ccc(C(=O)N2CCC(c3nccn3Cc3cscn3)CC2)s1. The van der Waals surface area contributed by atoms with E-state index >= 15 is 0 Å². The quantitative estimate of drug-likeness (QED) is 0.700. The van der Waals surface area contributed by atoms with Crippen LogP contribution in [0.5, 0.6) is 0 Å². The number of hydrogen-bond donors (Lipinski definition) is 0. The third-order valence-electron chi connectivity index (χ3n) is 4.66. The fourth-order valence-corrected chi connectivity index (χ4v) is 4.74. The second kappa shape index (κ2) is 7.09. The lowest BCUT2D eigenvalue weighted by Gasteiger charge is -2.31. The number of hydrogen-bond acceptors (Lipinski definition) is 5. The van der Waals surface area contributed by atoms with Gasteiger partial charge in [0.25, 0.3) is 5.91 Å². The number of nitrogens with zero attached hydrogens (tertiary/aromatic N) is 4. The predicted molar refractivity (Wildman–Crippen MR) is 100 cm³/mol. The first-order valence-electron chi connectivity index (χ1n) is 8.44. The third kappa shape index (κ3) is 3.52. The summed E-state index contributed by atoms with van der Waals surface area (Å²) in [7, 11) is 0. The molecule has 130 valence electrons. The molecule has 0 N–H and O–H groups in total. The van der Waals surface area contributed by atoms with Crippen LogP contribution >= 0.6 is 22.7 Å². The first-order valence-corrected chi connectivity index (χ1v) is 10.2. The van der Waals surface area contributed by atoms with E-state index in [2.05, 4.69) is 19.9 Å². The van der Waals surface area contributed by atoms with E-state index in [0.29, 0.717) is 5.92 Å². The number of carbonyl (C=O) groups excluding carboxylic acids is 1. The Kier molecular flexibility index (Phi) is 4.67. The van der Waals surface area contributed by atoms with E-state index in [-0.39, 0.29) is 5.91 Å². The van der Waals surface area contributed by atoms with Gasteiger partial charge in [-0.3, -0.25) is 4.79 Å². The lowest BCUT2D eigenvalue weighted by atomic mass is 9.95. The molecule has 1 aliphatic rings. The highest BCUT2D eigenvalue weighted by molar-refractivity contribution is 7.13. The van der Waals surface area contributed by atoms with Gasteiger partial charge in [-0.1, -0.05) is 0 Å². The Hall–Kier alpha value is -1.99. The van der Waals surface area contributed by atoms with Crippen molar-refractivity contribution in [1.29, 1.82) is 0 Å². The van der Waals surface area contributed by atoms with Gasteiger partial charge < -0.3 is 9.47 Å². The zero-order chi connectivity index (χ0) is 17.2. The number of thiazole rings is 1. The minimum absolute atomic E-state index is 0.169. The van der Waals surface area contributed by atoms with E-state index in [9.17, 15) is 4.79 Å². The van der Waals surface area contributed by atoms with Crippen LogP contribution in [0.3, 0.4) is 0 Å². The van der Waals surface area contributed by atoms with Crippen LogP contribution in [-0.2, 0) is 6.54 Å². The van der Waals surface area contributed by atoms with Crippen LogP contribution in [0.4, 0.5) is 0 Å². The van der Waals surface area contributed by atoms with E-state index in [1.807, 2.05) is 41.9 Å². The monoisotopic (exact) mass is 372 g/mol. The molecule has 1 fully saturated rings. The van der Waals surface area contributed by atoms with Gasteiger partial charge in [0.05, 0.1) is 22.6 Å². The molecule has 0 unspecified atom stereocenters. The second-order valence-electron chi connectivity index (χ2n) is 6.37. The van der Waals surface area contributed by atoms with Crippen LogP contribution < -0.4 is 0 Å². The third-order valence-corrected chi connectivity index (χ3v) is 6.29. The van der Waals surface area contributed by atoms with E-state index in [0.717, 1.165) is 48.9 Å². The van der Waals surface area contributed by atoms with Gasteiger partial charge >= 0.3 is 0 Å². The summed E-state index contributed by atoms with van der Waals surface area (Å²) in [4.78, 5) is 25.6. The summed E-state index contributed by atoms with van der Waals surface area (Å²) >= 11 is 3.20. The number of rotatable bonds is 4. The zero-order valence-corrected chi connectivity index (χ0v) is 15.7. The normalized spacial score (nSPS) is 15.6. The molecule has 3 aromatic heterocycles. The number of thiophene rings is 1. The van der Waals surface area contributed by atoms with Crippen LogP contribution in [0, 0.1) is 6.92 Å². The molecule has 0 aromatic carbocycles. The molecule has 0 saturated carbocycles. The van der Waals surface area contributed by atoms with Crippen molar-refractivity contribution in [1.82, 2.24) is 19.4 Å². The molecule has 0 spiro atoms. The van der Waals surface area contributed by atoms with Gasteiger partial charge in [0.2, 0.25) is 0 Å². The van der Waals surface area contributed by atoms with Gasteiger partial charge in [-0.25, -0.2) is 9.97 Å². The highest BCUT2D eigenvalue weighted by atomic mass is 32.1. The average molecular weight is 373 g/mol. The summed E-state index contributed by atoms with van der Waals surface area (Å²) in [5, 5.41) is 2.08. The minimum atomic E-state index is 0.169. The number of aryl methyl sites for hydroxylation is 1. The topological polar surface area (TPSA) is 51.0 Å². The van der Waals surface area contributed by atoms with Crippen molar-refractivity contribution in [2.24, 2.45) is 0 Å². The molecule has 0 atom stereocenters. The Morgan fingerprint density at radius 2 is 2.12 bits per heavy atom. The number of likely N-dealkylation sites (tertiary alicyclic amines) is 1. The lowest BCUT2D eigenvalue weighted by molar-refractivity contribution is 0.0715. The summed E-state index contributed by atoms with van der Waals surface area (Å²) in [6.45, 7) is 4.40. The van der Waals surface area contributed by atoms with Gasteiger partial charge in [0, 0.05) is 41.7 Å². The van der Waals surface area contributed by atoms with Gasteiger partial charge in [-0.2, -0.15) is 0 Å². The molecular weight excluding hydrogens is 352 g/mol. The van der Waals surface area contributed by atoms with Crippen molar-refractivity contribution in [3.05, 3.63) is 56.7 Å². The maximum atomic E-state index is 12.6. The summed E-state index contributed by atoms with van der Waals surface area (Å²) in [6, 6.07) is 3.95. The van der Waals surface area contributed by atoms with Crippen molar-refractivity contribution >= 4 is 28.6 Å². The Morgan fingerprint density at radius 3 is 2.80 bits per heavy atom. The molecule has 0 aliphatic carbocycles. The number of aromatic nitrogens is 3. The molecule has 5 nitrogen and oxygen atoms in total. The minimum Gasteiger partial charge on any atom is -0.338 e. The molecule has 7 heteroatoms. The molecule has 0 bridgehead atoms. The standard InChI is InChI=1S/C18H20N4OS2/c1-13-2-3-16(25-13)18(23)21-7-4-14(5-8-21)17-19-6-9-22(17)10-15-11-24-12-20-15/h2-3,6,9,11-12,14H,4-5,7-8,10H2,1H3. The van der Waals surface area contributed by atoms with E-state index in [1.165, 1.54) is 4.88 Å². The molecule has 4 heterocycles. The molecular formula is C18H20N4OS2. The molecule has 0 radical (unpaired) electrons. The van der Waals surface area contributed by atoms with Crippen molar-refractivity contribution in [2.75, 3.05) is 13.1 Å². The summed E-state index contributed by atoms with van der Waals surface area (Å²) in [5.74, 6) is 1.69. The summed E-state index contributed by atoms with van der Waals surface area (Å²) in [6.07, 6.45) is 5.82. The van der Waals surface area contributed by atoms with Gasteiger partial charge in [-0.05, 0) is 31.9 Å². The molecule has 1 aliphatic heterocycles. The predicted octanol–water partition coefficient (Wildman–Crippen LogP) is 3.78. The lowest BCUT2D eigenvalue weighted by Crippen LogP contribution is -2.38. The van der Waals surface area contributed by atoms with Crippen molar-refractivity contribution < 1.29 is 4.79 Å². The largest absolute Gasteiger partial charge is 0.338 e. The zero-order valence-electron chi connectivity index (χ0n) is 14.1. The Balaban J connectivity index is 1.41. The van der Waals surface area contributed by atoms with Gasteiger partial charge in [-0.15, -0.1) is 22.7 Å². The van der Waals surface area contributed by atoms with Crippen LogP contribution in [0.2, 0.25) is 0 Å². The Bertz CT molecular complexity index is 844. The number of carbonyl (C=O) groups is 1. The Labute approximate surface area is 155 Å². The maximum absolute atomic E-state index is 12.6. The smallest absolute Gasteiger partial charge is 0.263 e. The van der Waals surface area contributed by atoms with Crippen LogP contribution in [0.25, 0.3) is 0 Å². The number of imidazole rings is 1. The van der Waals surface area contributed by atoms with Crippen molar-refractivity contribution in [3.8, 4) is 0 Å². The molecule has 25 heavy (non-hydrogen) atoms. The molecule has 1 amide bonds. The summed E-state index contributed by atoms with van der Waals surface area (Å²) < 4.78 is 2.19. The first kappa shape index (κ1) is 16.5. The van der Waals surface area contributed by atoms with E-state index in [1.54, 1.807) is 22.7 Å². The maximum Gasteiger partial charge on any atom is 0.263 e. The van der Waals surface area contributed by atoms with E-state index in [4.69, 9.17) is 0 Å². The summed E-state index contributed by atoms with van der Waals surface area (Å²) in [5.41, 5.74) is 2.94. The molecule has 1 saturated heterocycles. The Morgan fingerprint density at radius 1 is 1.28 bits per heavy atom. The molecule has 4 rings (SSSR count). The van der Waals surface area contributed by atoms with Crippen molar-refractivity contribution in [2.45, 2.75) is 32.2 Å². The fourth-order valence-electron chi connectivity index (χ4n) is 3.35. The highest BCUT2D eigenvalue weighted by Crippen LogP contribution is 2.29. The van der Waals surface area contributed by atoms with Crippen LogP contribution in [-0.4, -0.2) is 38.4 Å². The van der Waals surface area contributed by atoms with Crippen LogP contribution in [0.1, 0.15) is 44.8 Å². The van der Waals surface area contributed by atoms with Gasteiger partial charge in [0.15, 0.2) is 0 Å². The van der Waals surface area contributed by atoms with Gasteiger partial charge in [0.1, 0.15) is 5.82 Å².